The molecule has 10 nitrogen and oxygen atoms in total. The van der Waals surface area contributed by atoms with Gasteiger partial charge in [-0.25, -0.2) is 18.4 Å². The molecule has 0 bridgehead atoms. The van der Waals surface area contributed by atoms with Crippen molar-refractivity contribution in [2.75, 3.05) is 18.4 Å². The highest BCUT2D eigenvalue weighted by atomic mass is 32.2. The average molecular weight is 484 g/mol. The second kappa shape index (κ2) is 9.05. The van der Waals surface area contributed by atoms with Gasteiger partial charge in [-0.1, -0.05) is 19.8 Å². The van der Waals surface area contributed by atoms with Gasteiger partial charge in [0.2, 0.25) is 16.0 Å². The molecule has 1 saturated carbocycles. The number of sulfonamides is 1. The molecule has 180 valence electrons. The normalized spacial score (nSPS) is 19.8. The number of fused-ring (bicyclic) bond motifs is 1. The van der Waals surface area contributed by atoms with Gasteiger partial charge < -0.3 is 11.1 Å². The van der Waals surface area contributed by atoms with E-state index in [0.717, 1.165) is 36.6 Å². The van der Waals surface area contributed by atoms with E-state index in [4.69, 9.17) is 5.73 Å². The molecule has 11 heteroatoms. The van der Waals surface area contributed by atoms with Crippen LogP contribution in [0.4, 0.5) is 11.8 Å². The van der Waals surface area contributed by atoms with Crippen molar-refractivity contribution < 1.29 is 8.42 Å². The average Bonchev–Trinajstić information content (AvgIpc) is 3.51. The number of pyridine rings is 2. The van der Waals surface area contributed by atoms with Crippen LogP contribution in [0.5, 0.6) is 0 Å². The molecule has 1 aliphatic carbocycles. The Morgan fingerprint density at radius 3 is 2.59 bits per heavy atom. The molecule has 4 heterocycles. The van der Waals surface area contributed by atoms with Crippen molar-refractivity contribution in [2.24, 2.45) is 5.73 Å². The highest BCUT2D eigenvalue weighted by Crippen LogP contribution is 2.31. The number of anilines is 2. The zero-order chi connectivity index (χ0) is 23.9. The maximum atomic E-state index is 13.1. The molecule has 1 aliphatic heterocycles. The first kappa shape index (κ1) is 22.9. The Bertz CT molecular complexity index is 1370. The molecule has 0 spiro atoms. The summed E-state index contributed by atoms with van der Waals surface area (Å²) in [5, 5.41) is 3.87. The molecular formula is C23H29N7O3S. The Balaban J connectivity index is 1.44. The summed E-state index contributed by atoms with van der Waals surface area (Å²) >= 11 is 0. The number of aromatic nitrogens is 4. The van der Waals surface area contributed by atoms with Crippen LogP contribution in [0.25, 0.3) is 11.0 Å². The van der Waals surface area contributed by atoms with Crippen LogP contribution < -0.4 is 16.6 Å². The van der Waals surface area contributed by atoms with E-state index < -0.39 is 10.0 Å². The second-order valence-electron chi connectivity index (χ2n) is 9.03. The first-order valence-corrected chi connectivity index (χ1v) is 13.2. The minimum Gasteiger partial charge on any atom is -0.326 e. The first-order chi connectivity index (χ1) is 16.4. The first-order valence-electron chi connectivity index (χ1n) is 11.8. The number of nitrogens with one attached hydrogen (secondary N) is 1. The molecule has 3 N–H and O–H groups in total. The van der Waals surface area contributed by atoms with Crippen molar-refractivity contribution in [3.63, 3.8) is 0 Å². The smallest absolute Gasteiger partial charge is 0.255 e. The van der Waals surface area contributed by atoms with E-state index in [0.29, 0.717) is 43.3 Å². The highest BCUT2D eigenvalue weighted by Gasteiger charge is 2.31. The summed E-state index contributed by atoms with van der Waals surface area (Å²) in [6, 6.07) is 4.97. The van der Waals surface area contributed by atoms with Crippen LogP contribution in [-0.4, -0.2) is 51.4 Å². The quantitative estimate of drug-likeness (QED) is 0.545. The molecule has 3 aromatic heterocycles. The van der Waals surface area contributed by atoms with Gasteiger partial charge >= 0.3 is 0 Å². The monoisotopic (exact) mass is 483 g/mol. The summed E-state index contributed by atoms with van der Waals surface area (Å²) in [5.74, 6) is 0.716. The predicted octanol–water partition coefficient (Wildman–Crippen LogP) is 2.33. The van der Waals surface area contributed by atoms with Crippen molar-refractivity contribution in [3.8, 4) is 0 Å². The Morgan fingerprint density at radius 2 is 1.94 bits per heavy atom. The molecule has 2 aliphatic rings. The van der Waals surface area contributed by atoms with Crippen molar-refractivity contribution in [2.45, 2.75) is 62.4 Å². The number of hydrogen-bond acceptors (Lipinski definition) is 8. The number of aryl methyl sites for hydroxylation is 1. The molecular weight excluding hydrogens is 454 g/mol. The Labute approximate surface area is 198 Å². The number of nitrogens with zero attached hydrogens (tertiary/aromatic N) is 5. The molecule has 1 atom stereocenters. The molecule has 3 aromatic rings. The van der Waals surface area contributed by atoms with Crippen LogP contribution in [0.3, 0.4) is 0 Å². The lowest BCUT2D eigenvalue weighted by Gasteiger charge is -2.18. The SMILES string of the molecule is CCc1cc2cnc(Nc3ccc(S(=O)(=O)N4CCC(N)C4)cn3)nc2n(C2CCCC2)c1=O. The van der Waals surface area contributed by atoms with Gasteiger partial charge in [-0.05, 0) is 43.9 Å². The van der Waals surface area contributed by atoms with Crippen molar-refractivity contribution in [1.82, 2.24) is 23.8 Å². The third kappa shape index (κ3) is 4.19. The lowest BCUT2D eigenvalue weighted by atomic mass is 10.1. The largest absolute Gasteiger partial charge is 0.326 e. The minimum absolute atomic E-state index is 0.0147. The van der Waals surface area contributed by atoms with Crippen molar-refractivity contribution in [1.29, 1.82) is 0 Å². The molecule has 0 amide bonds. The van der Waals surface area contributed by atoms with E-state index >= 15 is 0 Å². The fourth-order valence-corrected chi connectivity index (χ4v) is 6.29. The maximum Gasteiger partial charge on any atom is 0.255 e. The van der Waals surface area contributed by atoms with Crippen LogP contribution in [0.1, 0.15) is 50.6 Å². The molecule has 0 aromatic carbocycles. The summed E-state index contributed by atoms with van der Waals surface area (Å²) < 4.78 is 28.8. The molecule has 1 unspecified atom stereocenters. The Morgan fingerprint density at radius 1 is 1.15 bits per heavy atom. The van der Waals surface area contributed by atoms with E-state index in [1.165, 1.54) is 16.6 Å². The van der Waals surface area contributed by atoms with Crippen LogP contribution in [0, 0.1) is 0 Å². The highest BCUT2D eigenvalue weighted by molar-refractivity contribution is 7.89. The third-order valence-electron chi connectivity index (χ3n) is 6.72. The zero-order valence-corrected chi connectivity index (χ0v) is 20.0. The van der Waals surface area contributed by atoms with Gasteiger partial charge in [-0.2, -0.15) is 9.29 Å². The topological polar surface area (TPSA) is 136 Å². The lowest BCUT2D eigenvalue weighted by Crippen LogP contribution is -2.32. The van der Waals surface area contributed by atoms with E-state index in [2.05, 4.69) is 20.3 Å². The van der Waals surface area contributed by atoms with Gasteiger partial charge in [0.25, 0.3) is 5.56 Å². The standard InChI is InChI=1S/C23H29N7O3S/c1-2-15-11-16-12-26-23(28-21(16)30(22(15)31)18-5-3-4-6-18)27-20-8-7-19(13-25-20)34(32,33)29-10-9-17(24)14-29/h7-8,11-13,17-18H,2-6,9-10,14,24H2,1H3,(H,25,26,27,28). The van der Waals surface area contributed by atoms with E-state index in [1.807, 2.05) is 17.6 Å². The van der Waals surface area contributed by atoms with Gasteiger partial charge in [0.1, 0.15) is 16.4 Å². The Hall–Kier alpha value is -2.89. The summed E-state index contributed by atoms with van der Waals surface area (Å²) in [4.78, 5) is 26.6. The zero-order valence-electron chi connectivity index (χ0n) is 19.1. The molecule has 1 saturated heterocycles. The van der Waals surface area contributed by atoms with Gasteiger partial charge in [0.05, 0.1) is 0 Å². The van der Waals surface area contributed by atoms with Crippen molar-refractivity contribution in [3.05, 3.63) is 46.5 Å². The molecule has 0 radical (unpaired) electrons. The third-order valence-corrected chi connectivity index (χ3v) is 8.57. The number of hydrogen-bond donors (Lipinski definition) is 2. The predicted molar refractivity (Wildman–Crippen MR) is 130 cm³/mol. The second-order valence-corrected chi connectivity index (χ2v) is 11.0. The molecule has 5 rings (SSSR count). The fourth-order valence-electron chi connectivity index (χ4n) is 4.83. The van der Waals surface area contributed by atoms with Gasteiger partial charge in [0.15, 0.2) is 0 Å². The maximum absolute atomic E-state index is 13.1. The van der Waals surface area contributed by atoms with Crippen LogP contribution >= 0.6 is 0 Å². The van der Waals surface area contributed by atoms with Crippen molar-refractivity contribution >= 4 is 32.8 Å². The van der Waals surface area contributed by atoms with E-state index in [1.54, 1.807) is 12.3 Å². The van der Waals surface area contributed by atoms with Crippen LogP contribution in [0.15, 0.2) is 40.3 Å². The summed E-state index contributed by atoms with van der Waals surface area (Å²) in [7, 11) is -3.62. The Kier molecular flexibility index (Phi) is 6.09. The van der Waals surface area contributed by atoms with E-state index in [-0.39, 0.29) is 22.5 Å². The fraction of sp³-hybridized carbons (Fsp3) is 0.478. The minimum atomic E-state index is -3.62. The van der Waals surface area contributed by atoms with Gasteiger partial charge in [0, 0.05) is 48.5 Å². The summed E-state index contributed by atoms with van der Waals surface area (Å²) in [6.45, 7) is 2.71. The number of rotatable bonds is 6. The summed E-state index contributed by atoms with van der Waals surface area (Å²) in [6.07, 6.45) is 8.49. The summed E-state index contributed by atoms with van der Waals surface area (Å²) in [5.41, 5.74) is 7.25. The number of nitrogens with two attached hydrogens (primary N) is 1. The van der Waals surface area contributed by atoms with Crippen LogP contribution in [0.2, 0.25) is 0 Å². The van der Waals surface area contributed by atoms with Crippen LogP contribution in [-0.2, 0) is 16.4 Å². The van der Waals surface area contributed by atoms with E-state index in [9.17, 15) is 13.2 Å². The van der Waals surface area contributed by atoms with Gasteiger partial charge in [-0.3, -0.25) is 9.36 Å². The molecule has 34 heavy (non-hydrogen) atoms. The van der Waals surface area contributed by atoms with Gasteiger partial charge in [-0.15, -0.1) is 0 Å². The lowest BCUT2D eigenvalue weighted by molar-refractivity contribution is 0.472. The molecule has 2 fully saturated rings.